The maximum absolute atomic E-state index is 13.4. The molecule has 2 aliphatic rings. The molecule has 31 heavy (non-hydrogen) atoms. The molecule has 1 atom stereocenters. The van der Waals surface area contributed by atoms with Gasteiger partial charge in [-0.3, -0.25) is 9.59 Å². The summed E-state index contributed by atoms with van der Waals surface area (Å²) in [6, 6.07) is 9.43. The number of benzene rings is 1. The van der Waals surface area contributed by atoms with Gasteiger partial charge in [0, 0.05) is 38.1 Å². The first-order valence-corrected chi connectivity index (χ1v) is 10.7. The van der Waals surface area contributed by atoms with E-state index in [1.54, 1.807) is 4.90 Å². The Labute approximate surface area is 182 Å². The van der Waals surface area contributed by atoms with Crippen LogP contribution < -0.4 is 0 Å². The Kier molecular flexibility index (Phi) is 5.96. The maximum Gasteiger partial charge on any atom is 0.254 e. The molecule has 2 saturated heterocycles. The molecule has 1 aromatic heterocycles. The van der Waals surface area contributed by atoms with Crippen molar-refractivity contribution in [2.75, 3.05) is 52.9 Å². The van der Waals surface area contributed by atoms with Crippen molar-refractivity contribution in [1.29, 1.82) is 0 Å². The fourth-order valence-corrected chi connectivity index (χ4v) is 4.12. The van der Waals surface area contributed by atoms with Crippen molar-refractivity contribution in [3.63, 3.8) is 0 Å². The minimum absolute atomic E-state index is 0.00631. The number of morpholine rings is 1. The number of rotatable bonds is 3. The number of piperazine rings is 1. The first kappa shape index (κ1) is 21.7. The minimum atomic E-state index is -1.44. The zero-order valence-corrected chi connectivity index (χ0v) is 18.4. The quantitative estimate of drug-likeness (QED) is 0.796. The zero-order chi connectivity index (χ0) is 22.2. The van der Waals surface area contributed by atoms with Gasteiger partial charge in [0.05, 0.1) is 29.9 Å². The van der Waals surface area contributed by atoms with Gasteiger partial charge < -0.3 is 24.5 Å². The highest BCUT2D eigenvalue weighted by Crippen LogP contribution is 2.28. The molecule has 0 unspecified atom stereocenters. The van der Waals surface area contributed by atoms with E-state index in [1.807, 2.05) is 35.2 Å². The van der Waals surface area contributed by atoms with Crippen molar-refractivity contribution >= 4 is 22.7 Å². The molecule has 0 spiro atoms. The third-order valence-corrected chi connectivity index (χ3v) is 5.96. The molecule has 8 heteroatoms. The standard InChI is InChI=1S/C23H30N4O4/c1-23(2,30)22(29)27-12-13-31-20(15-27)19-14-17(16-6-4-5-7-18(16)24-19)21(28)26-10-8-25(3)9-11-26/h4-7,14,20,30H,8-13,15H2,1-3H3/t20-/m1/s1. The summed E-state index contributed by atoms with van der Waals surface area (Å²) in [7, 11) is 2.06. The van der Waals surface area contributed by atoms with Gasteiger partial charge in [-0.25, -0.2) is 4.98 Å². The molecular weight excluding hydrogens is 396 g/mol. The molecule has 0 aliphatic carbocycles. The van der Waals surface area contributed by atoms with Gasteiger partial charge in [0.1, 0.15) is 11.7 Å². The van der Waals surface area contributed by atoms with Crippen LogP contribution in [-0.2, 0) is 9.53 Å². The Hall–Kier alpha value is -2.55. The number of aromatic nitrogens is 1. The molecule has 166 valence electrons. The van der Waals surface area contributed by atoms with Crippen molar-refractivity contribution in [2.45, 2.75) is 25.6 Å². The van der Waals surface area contributed by atoms with Crippen LogP contribution in [0.25, 0.3) is 10.9 Å². The van der Waals surface area contributed by atoms with Crippen LogP contribution >= 0.6 is 0 Å². The van der Waals surface area contributed by atoms with E-state index in [0.717, 1.165) is 24.0 Å². The summed E-state index contributed by atoms with van der Waals surface area (Å²) in [6.07, 6.45) is -0.455. The molecule has 1 N–H and O–H groups in total. The van der Waals surface area contributed by atoms with Gasteiger partial charge in [0.25, 0.3) is 11.8 Å². The van der Waals surface area contributed by atoms with E-state index in [0.29, 0.717) is 37.5 Å². The Morgan fingerprint density at radius 1 is 1.10 bits per heavy atom. The first-order chi connectivity index (χ1) is 14.7. The van der Waals surface area contributed by atoms with Crippen LogP contribution in [0.5, 0.6) is 0 Å². The summed E-state index contributed by atoms with van der Waals surface area (Å²) in [4.78, 5) is 36.4. The minimum Gasteiger partial charge on any atom is -0.381 e. The van der Waals surface area contributed by atoms with E-state index in [4.69, 9.17) is 9.72 Å². The summed E-state index contributed by atoms with van der Waals surface area (Å²) < 4.78 is 5.93. The second kappa shape index (κ2) is 8.53. The molecule has 0 radical (unpaired) electrons. The second-order valence-electron chi connectivity index (χ2n) is 8.88. The summed E-state index contributed by atoms with van der Waals surface area (Å²) in [5, 5.41) is 10.9. The number of carbonyl (C=O) groups excluding carboxylic acids is 2. The normalized spacial score (nSPS) is 20.8. The van der Waals surface area contributed by atoms with Gasteiger partial charge in [-0.15, -0.1) is 0 Å². The first-order valence-electron chi connectivity index (χ1n) is 10.7. The summed E-state index contributed by atoms with van der Waals surface area (Å²) in [5.41, 5.74) is 0.525. The van der Waals surface area contributed by atoms with E-state index in [-0.39, 0.29) is 18.4 Å². The molecule has 0 bridgehead atoms. The Morgan fingerprint density at radius 2 is 1.81 bits per heavy atom. The smallest absolute Gasteiger partial charge is 0.254 e. The van der Waals surface area contributed by atoms with E-state index < -0.39 is 11.7 Å². The van der Waals surface area contributed by atoms with Crippen molar-refractivity contribution in [3.8, 4) is 0 Å². The van der Waals surface area contributed by atoms with E-state index in [2.05, 4.69) is 11.9 Å². The monoisotopic (exact) mass is 426 g/mol. The van der Waals surface area contributed by atoms with Crippen molar-refractivity contribution < 1.29 is 19.4 Å². The highest BCUT2D eigenvalue weighted by Gasteiger charge is 2.34. The highest BCUT2D eigenvalue weighted by molar-refractivity contribution is 6.06. The number of likely N-dealkylation sites (N-methyl/N-ethyl adjacent to an activating group) is 1. The maximum atomic E-state index is 13.4. The molecule has 2 aromatic rings. The average Bonchev–Trinajstić information content (AvgIpc) is 2.77. The molecule has 2 amide bonds. The van der Waals surface area contributed by atoms with Crippen LogP contribution in [0, 0.1) is 0 Å². The van der Waals surface area contributed by atoms with Gasteiger partial charge in [-0.2, -0.15) is 0 Å². The van der Waals surface area contributed by atoms with Gasteiger partial charge >= 0.3 is 0 Å². The predicted molar refractivity (Wildman–Crippen MR) is 117 cm³/mol. The fraction of sp³-hybridized carbons (Fsp3) is 0.522. The predicted octanol–water partition coefficient (Wildman–Crippen LogP) is 1.29. The van der Waals surface area contributed by atoms with Crippen LogP contribution in [0.3, 0.4) is 0 Å². The SMILES string of the molecule is CN1CCN(C(=O)c2cc([C@H]3CN(C(=O)C(C)(C)O)CCO3)nc3ccccc23)CC1. The van der Waals surface area contributed by atoms with Crippen molar-refractivity contribution in [1.82, 2.24) is 19.7 Å². The molecule has 3 heterocycles. The van der Waals surface area contributed by atoms with Crippen molar-refractivity contribution in [3.05, 3.63) is 41.6 Å². The molecule has 1 aromatic carbocycles. The molecular formula is C23H30N4O4. The summed E-state index contributed by atoms with van der Waals surface area (Å²) >= 11 is 0. The lowest BCUT2D eigenvalue weighted by molar-refractivity contribution is -0.155. The number of carbonyl (C=O) groups is 2. The van der Waals surface area contributed by atoms with E-state index in [1.165, 1.54) is 13.8 Å². The molecule has 4 rings (SSSR count). The molecule has 2 fully saturated rings. The van der Waals surface area contributed by atoms with Gasteiger partial charge in [0.15, 0.2) is 0 Å². The summed E-state index contributed by atoms with van der Waals surface area (Å²) in [5.74, 6) is -0.344. The van der Waals surface area contributed by atoms with Crippen LogP contribution in [0.4, 0.5) is 0 Å². The number of amides is 2. The zero-order valence-electron chi connectivity index (χ0n) is 18.4. The third kappa shape index (κ3) is 4.56. The van der Waals surface area contributed by atoms with Crippen LogP contribution in [-0.4, -0.2) is 95.1 Å². The Bertz CT molecular complexity index is 979. The number of ether oxygens (including phenoxy) is 1. The van der Waals surface area contributed by atoms with E-state index >= 15 is 0 Å². The topological polar surface area (TPSA) is 86.2 Å². The average molecular weight is 427 g/mol. The molecule has 0 saturated carbocycles. The number of pyridine rings is 1. The lowest BCUT2D eigenvalue weighted by Gasteiger charge is -2.36. The number of fused-ring (bicyclic) bond motifs is 1. The fourth-order valence-electron chi connectivity index (χ4n) is 4.12. The third-order valence-electron chi connectivity index (χ3n) is 5.96. The van der Waals surface area contributed by atoms with Gasteiger partial charge in [-0.05, 0) is 33.0 Å². The second-order valence-corrected chi connectivity index (χ2v) is 8.88. The lowest BCUT2D eigenvalue weighted by atomic mass is 10.0. The Morgan fingerprint density at radius 3 is 2.52 bits per heavy atom. The number of aliphatic hydroxyl groups is 1. The van der Waals surface area contributed by atoms with Gasteiger partial charge in [-0.1, -0.05) is 18.2 Å². The van der Waals surface area contributed by atoms with Crippen LogP contribution in [0.1, 0.15) is 36.0 Å². The van der Waals surface area contributed by atoms with E-state index in [9.17, 15) is 14.7 Å². The highest BCUT2D eigenvalue weighted by atomic mass is 16.5. The molecule has 8 nitrogen and oxygen atoms in total. The number of para-hydroxylation sites is 1. The summed E-state index contributed by atoms with van der Waals surface area (Å²) in [6.45, 7) is 7.10. The van der Waals surface area contributed by atoms with Crippen molar-refractivity contribution in [2.24, 2.45) is 0 Å². The number of nitrogens with zero attached hydrogens (tertiary/aromatic N) is 4. The van der Waals surface area contributed by atoms with Crippen LogP contribution in [0.2, 0.25) is 0 Å². The van der Waals surface area contributed by atoms with Gasteiger partial charge in [0.2, 0.25) is 0 Å². The lowest BCUT2D eigenvalue weighted by Crippen LogP contribution is -2.50. The Balaban J connectivity index is 1.66. The number of hydrogen-bond acceptors (Lipinski definition) is 6. The largest absolute Gasteiger partial charge is 0.381 e. The number of hydrogen-bond donors (Lipinski definition) is 1. The molecule has 2 aliphatic heterocycles. The van der Waals surface area contributed by atoms with Crippen LogP contribution in [0.15, 0.2) is 30.3 Å².